The zero-order valence-electron chi connectivity index (χ0n) is 12.3. The summed E-state index contributed by atoms with van der Waals surface area (Å²) in [6.07, 6.45) is 5.48. The highest BCUT2D eigenvalue weighted by molar-refractivity contribution is 5.40. The van der Waals surface area contributed by atoms with E-state index in [-0.39, 0.29) is 16.9 Å². The van der Waals surface area contributed by atoms with Crippen molar-refractivity contribution >= 4 is 5.65 Å². The number of hydrogen-bond donors (Lipinski definition) is 0. The highest BCUT2D eigenvalue weighted by atomic mass is 16.2. The quantitative estimate of drug-likeness (QED) is 0.686. The standard InChI is InChI=1S/C16H16N4O2/c1-3-4-9-20-16(22)19-11-10-18(15(21)14(19)17-20)13-7-5-12(2)6-8-13/h3,5-8,10-11H,1,4,9H2,2H3. The second-order valence-corrected chi connectivity index (χ2v) is 5.09. The third kappa shape index (κ3) is 2.28. The minimum atomic E-state index is -0.319. The molecule has 0 N–H and O–H groups in total. The van der Waals surface area contributed by atoms with Crippen LogP contribution in [-0.2, 0) is 6.54 Å². The molecule has 112 valence electrons. The molecule has 0 unspecified atom stereocenters. The molecule has 0 atom stereocenters. The van der Waals surface area contributed by atoms with Gasteiger partial charge in [-0.3, -0.25) is 9.36 Å². The number of fused-ring (bicyclic) bond motifs is 1. The van der Waals surface area contributed by atoms with E-state index in [0.717, 1.165) is 11.3 Å². The Morgan fingerprint density at radius 2 is 1.91 bits per heavy atom. The average molecular weight is 296 g/mol. The van der Waals surface area contributed by atoms with Gasteiger partial charge in [0.25, 0.3) is 0 Å². The van der Waals surface area contributed by atoms with Gasteiger partial charge in [-0.1, -0.05) is 23.8 Å². The Hall–Kier alpha value is -2.89. The fourth-order valence-corrected chi connectivity index (χ4v) is 2.28. The molecule has 22 heavy (non-hydrogen) atoms. The smallest absolute Gasteiger partial charge is 0.280 e. The summed E-state index contributed by atoms with van der Waals surface area (Å²) in [6, 6.07) is 7.59. The molecule has 0 saturated heterocycles. The van der Waals surface area contributed by atoms with Crippen molar-refractivity contribution in [3.63, 3.8) is 0 Å². The van der Waals surface area contributed by atoms with E-state index in [0.29, 0.717) is 13.0 Å². The van der Waals surface area contributed by atoms with E-state index in [1.54, 1.807) is 18.5 Å². The Balaban J connectivity index is 2.17. The first-order chi connectivity index (χ1) is 10.6. The van der Waals surface area contributed by atoms with Crippen molar-refractivity contribution in [2.24, 2.45) is 0 Å². The minimum Gasteiger partial charge on any atom is -0.280 e. The number of nitrogens with zero attached hydrogens (tertiary/aromatic N) is 4. The fourth-order valence-electron chi connectivity index (χ4n) is 2.28. The molecule has 1 aromatic carbocycles. The zero-order chi connectivity index (χ0) is 15.7. The average Bonchev–Trinajstić information content (AvgIpc) is 2.84. The van der Waals surface area contributed by atoms with E-state index in [1.165, 1.54) is 13.6 Å². The SMILES string of the molecule is C=CCCn1nc2c(=O)n(-c3ccc(C)cc3)ccn2c1=O. The lowest BCUT2D eigenvalue weighted by molar-refractivity contribution is 0.601. The van der Waals surface area contributed by atoms with Crippen molar-refractivity contribution in [1.82, 2.24) is 18.7 Å². The van der Waals surface area contributed by atoms with Gasteiger partial charge in [0.05, 0.1) is 0 Å². The number of aryl methyl sites for hydroxylation is 2. The molecular weight excluding hydrogens is 280 g/mol. The summed E-state index contributed by atoms with van der Waals surface area (Å²) in [4.78, 5) is 24.7. The van der Waals surface area contributed by atoms with Gasteiger partial charge in [-0.2, -0.15) is 0 Å². The summed E-state index contributed by atoms with van der Waals surface area (Å²) < 4.78 is 4.05. The van der Waals surface area contributed by atoms with Crippen LogP contribution in [0.1, 0.15) is 12.0 Å². The Kier molecular flexibility index (Phi) is 3.50. The second kappa shape index (κ2) is 5.48. The lowest BCUT2D eigenvalue weighted by Gasteiger charge is -2.05. The third-order valence-corrected chi connectivity index (χ3v) is 3.50. The molecule has 0 aliphatic rings. The van der Waals surface area contributed by atoms with Gasteiger partial charge in [0.1, 0.15) is 0 Å². The van der Waals surface area contributed by atoms with Gasteiger partial charge in [0, 0.05) is 24.6 Å². The van der Waals surface area contributed by atoms with Gasteiger partial charge < -0.3 is 0 Å². The van der Waals surface area contributed by atoms with Crippen molar-refractivity contribution in [3.8, 4) is 5.69 Å². The largest absolute Gasteiger partial charge is 0.350 e. The normalized spacial score (nSPS) is 11.0. The van der Waals surface area contributed by atoms with Crippen LogP contribution >= 0.6 is 0 Å². The molecule has 2 aromatic heterocycles. The topological polar surface area (TPSA) is 61.3 Å². The van der Waals surface area contributed by atoms with Crippen LogP contribution in [0, 0.1) is 6.92 Å². The van der Waals surface area contributed by atoms with Crippen molar-refractivity contribution in [1.29, 1.82) is 0 Å². The van der Waals surface area contributed by atoms with E-state index in [4.69, 9.17) is 0 Å². The van der Waals surface area contributed by atoms with Crippen molar-refractivity contribution in [2.75, 3.05) is 0 Å². The highest BCUT2D eigenvalue weighted by Crippen LogP contribution is 2.07. The lowest BCUT2D eigenvalue weighted by Crippen LogP contribution is -2.24. The lowest BCUT2D eigenvalue weighted by atomic mass is 10.2. The first-order valence-electron chi connectivity index (χ1n) is 7.00. The van der Waals surface area contributed by atoms with E-state index in [1.807, 2.05) is 31.2 Å². The number of rotatable bonds is 4. The van der Waals surface area contributed by atoms with E-state index < -0.39 is 0 Å². The number of aromatic nitrogens is 4. The molecule has 6 heteroatoms. The summed E-state index contributed by atoms with van der Waals surface area (Å²) in [7, 11) is 0. The monoisotopic (exact) mass is 296 g/mol. The molecule has 6 nitrogen and oxygen atoms in total. The number of allylic oxidation sites excluding steroid dienone is 1. The van der Waals surface area contributed by atoms with Crippen LogP contribution in [0.5, 0.6) is 0 Å². The van der Waals surface area contributed by atoms with E-state index in [9.17, 15) is 9.59 Å². The van der Waals surface area contributed by atoms with Gasteiger partial charge in [0.2, 0.25) is 5.65 Å². The van der Waals surface area contributed by atoms with Gasteiger partial charge >= 0.3 is 11.2 Å². The summed E-state index contributed by atoms with van der Waals surface area (Å²) in [6.45, 7) is 6.02. The summed E-state index contributed by atoms with van der Waals surface area (Å²) in [5, 5.41) is 4.14. The van der Waals surface area contributed by atoms with Crippen LogP contribution in [0.4, 0.5) is 0 Å². The minimum absolute atomic E-state index is 0.122. The molecule has 0 saturated carbocycles. The predicted molar refractivity (Wildman–Crippen MR) is 84.6 cm³/mol. The van der Waals surface area contributed by atoms with Crippen molar-refractivity contribution < 1.29 is 0 Å². The Morgan fingerprint density at radius 3 is 2.59 bits per heavy atom. The molecule has 3 aromatic rings. The molecule has 0 radical (unpaired) electrons. The van der Waals surface area contributed by atoms with Crippen LogP contribution in [0.25, 0.3) is 11.3 Å². The highest BCUT2D eigenvalue weighted by Gasteiger charge is 2.12. The van der Waals surface area contributed by atoms with Crippen LogP contribution in [-0.4, -0.2) is 18.7 Å². The molecular formula is C16H16N4O2. The van der Waals surface area contributed by atoms with E-state index in [2.05, 4.69) is 11.7 Å². The molecule has 2 heterocycles. The van der Waals surface area contributed by atoms with Gasteiger partial charge in [0.15, 0.2) is 0 Å². The molecule has 0 fully saturated rings. The maximum absolute atomic E-state index is 12.6. The molecule has 0 bridgehead atoms. The van der Waals surface area contributed by atoms with Gasteiger partial charge in [-0.25, -0.2) is 13.9 Å². The van der Waals surface area contributed by atoms with Gasteiger partial charge in [-0.05, 0) is 25.5 Å². The van der Waals surface area contributed by atoms with Gasteiger partial charge in [-0.15, -0.1) is 11.7 Å². The van der Waals surface area contributed by atoms with Crippen LogP contribution in [0.2, 0.25) is 0 Å². The van der Waals surface area contributed by atoms with Crippen LogP contribution < -0.4 is 11.2 Å². The third-order valence-electron chi connectivity index (χ3n) is 3.50. The number of hydrogen-bond acceptors (Lipinski definition) is 3. The van der Waals surface area contributed by atoms with E-state index >= 15 is 0 Å². The van der Waals surface area contributed by atoms with Crippen molar-refractivity contribution in [3.05, 3.63) is 75.7 Å². The second-order valence-electron chi connectivity index (χ2n) is 5.09. The predicted octanol–water partition coefficient (Wildman–Crippen LogP) is 1.53. The molecule has 3 rings (SSSR count). The molecule has 0 aliphatic heterocycles. The number of benzene rings is 1. The fraction of sp³-hybridized carbons (Fsp3) is 0.188. The summed E-state index contributed by atoms with van der Waals surface area (Å²) in [5.74, 6) is 0. The first kappa shape index (κ1) is 14.1. The zero-order valence-corrected chi connectivity index (χ0v) is 12.3. The molecule has 0 aliphatic carbocycles. The maximum atomic E-state index is 12.6. The first-order valence-corrected chi connectivity index (χ1v) is 7.00. The Labute approximate surface area is 126 Å². The maximum Gasteiger partial charge on any atom is 0.350 e. The van der Waals surface area contributed by atoms with Crippen LogP contribution in [0.15, 0.2) is 58.9 Å². The molecule has 0 amide bonds. The van der Waals surface area contributed by atoms with Crippen molar-refractivity contribution in [2.45, 2.75) is 19.9 Å². The Morgan fingerprint density at radius 1 is 1.18 bits per heavy atom. The Bertz CT molecular complexity index is 945. The molecule has 0 spiro atoms. The summed E-state index contributed by atoms with van der Waals surface area (Å²) >= 11 is 0. The van der Waals surface area contributed by atoms with Crippen LogP contribution in [0.3, 0.4) is 0 Å². The summed E-state index contributed by atoms with van der Waals surface area (Å²) in [5.41, 5.74) is 1.34.